The fourth-order valence-electron chi connectivity index (χ4n) is 6.36. The van der Waals surface area contributed by atoms with E-state index in [1.807, 2.05) is 6.07 Å². The second-order valence-corrected chi connectivity index (χ2v) is 11.6. The van der Waals surface area contributed by atoms with Crippen LogP contribution in [0.15, 0.2) is 60.9 Å². The number of nitrogen functional groups attached to an aromatic ring is 2. The molecule has 3 heterocycles. The molecule has 1 aliphatic heterocycles. The zero-order chi connectivity index (χ0) is 28.9. The summed E-state index contributed by atoms with van der Waals surface area (Å²) < 4.78 is 5.83. The van der Waals surface area contributed by atoms with E-state index in [1.54, 1.807) is 18.5 Å². The number of ether oxygens (including phenoxy) is 1. The van der Waals surface area contributed by atoms with Gasteiger partial charge in [0.1, 0.15) is 12.4 Å². The molecule has 2 aromatic heterocycles. The minimum absolute atomic E-state index is 0.198. The number of fused-ring (bicyclic) bond motifs is 2. The summed E-state index contributed by atoms with van der Waals surface area (Å²) in [6.45, 7) is 5.98. The van der Waals surface area contributed by atoms with E-state index < -0.39 is 0 Å². The topological polar surface area (TPSA) is 136 Å². The Morgan fingerprint density at radius 1 is 1.02 bits per heavy atom. The van der Waals surface area contributed by atoms with E-state index in [2.05, 4.69) is 66.5 Å². The highest BCUT2D eigenvalue weighted by Gasteiger charge is 2.35. The molecule has 10 nitrogen and oxygen atoms in total. The summed E-state index contributed by atoms with van der Waals surface area (Å²) in [4.78, 5) is 30.1. The maximum absolute atomic E-state index is 12.4. The monoisotopic (exact) mass is 568 g/mol. The lowest BCUT2D eigenvalue weighted by atomic mass is 9.93. The van der Waals surface area contributed by atoms with Crippen LogP contribution in [0.25, 0.3) is 11.3 Å². The number of rotatable bonds is 11. The lowest BCUT2D eigenvalue weighted by Gasteiger charge is -2.36. The summed E-state index contributed by atoms with van der Waals surface area (Å²) in [5, 5.41) is 3.19. The minimum Gasteiger partial charge on any atom is -0.470 e. The van der Waals surface area contributed by atoms with Crippen LogP contribution in [0, 0.1) is 17.8 Å². The van der Waals surface area contributed by atoms with Crippen molar-refractivity contribution in [2.45, 2.75) is 32.3 Å². The van der Waals surface area contributed by atoms with Gasteiger partial charge in [0.05, 0.1) is 11.9 Å². The first kappa shape index (κ1) is 28.0. The molecule has 2 fully saturated rings. The van der Waals surface area contributed by atoms with Crippen LogP contribution in [0.1, 0.15) is 31.2 Å². The van der Waals surface area contributed by atoms with E-state index >= 15 is 0 Å². The summed E-state index contributed by atoms with van der Waals surface area (Å²) >= 11 is 0. The summed E-state index contributed by atoms with van der Waals surface area (Å²) in [6.07, 6.45) is 12.0. The number of aromatic nitrogens is 3. The number of anilines is 3. The number of benzene rings is 1. The molecule has 220 valence electrons. The molecule has 0 radical (unpaired) electrons. The van der Waals surface area contributed by atoms with Crippen molar-refractivity contribution in [3.63, 3.8) is 0 Å². The Morgan fingerprint density at radius 3 is 2.60 bits per heavy atom. The Bertz CT molecular complexity index is 1400. The molecule has 3 aromatic rings. The predicted octanol–water partition coefficient (Wildman–Crippen LogP) is 3.51. The number of hydrogen-bond donors (Lipinski definition) is 3. The van der Waals surface area contributed by atoms with Crippen LogP contribution in [0.4, 0.5) is 17.3 Å². The molecular formula is C32H40N8O2. The maximum Gasteiger partial charge on any atom is 0.258 e. The molecule has 0 spiro atoms. The number of piperazine rings is 1. The largest absolute Gasteiger partial charge is 0.470 e. The smallest absolute Gasteiger partial charge is 0.258 e. The van der Waals surface area contributed by atoms with Crippen molar-refractivity contribution in [1.82, 2.24) is 25.2 Å². The fourth-order valence-corrected chi connectivity index (χ4v) is 6.36. The number of nitrogens with zero attached hydrogens (tertiary/aromatic N) is 5. The molecule has 2 aliphatic carbocycles. The van der Waals surface area contributed by atoms with E-state index in [-0.39, 0.29) is 18.3 Å². The van der Waals surface area contributed by atoms with Gasteiger partial charge in [0.15, 0.2) is 5.82 Å². The number of nitrogens with one attached hydrogen (secondary N) is 1. The molecule has 1 saturated carbocycles. The van der Waals surface area contributed by atoms with E-state index in [4.69, 9.17) is 16.2 Å². The van der Waals surface area contributed by atoms with Gasteiger partial charge in [-0.15, -0.1) is 0 Å². The number of amides is 1. The Morgan fingerprint density at radius 2 is 1.86 bits per heavy atom. The molecule has 3 unspecified atom stereocenters. The second kappa shape index (κ2) is 12.8. The quantitative estimate of drug-likeness (QED) is 0.297. The molecule has 6 rings (SSSR count). The summed E-state index contributed by atoms with van der Waals surface area (Å²) in [6, 6.07) is 11.9. The predicted molar refractivity (Wildman–Crippen MR) is 165 cm³/mol. The van der Waals surface area contributed by atoms with Crippen molar-refractivity contribution >= 4 is 23.2 Å². The first-order chi connectivity index (χ1) is 20.5. The summed E-state index contributed by atoms with van der Waals surface area (Å²) in [5.74, 6) is 3.24. The van der Waals surface area contributed by atoms with Crippen LogP contribution >= 0.6 is 0 Å². The third kappa shape index (κ3) is 6.82. The first-order valence-electron chi connectivity index (χ1n) is 15.0. The Balaban J connectivity index is 0.934. The highest BCUT2D eigenvalue weighted by molar-refractivity contribution is 5.75. The zero-order valence-electron chi connectivity index (χ0n) is 24.0. The van der Waals surface area contributed by atoms with E-state index in [0.29, 0.717) is 35.6 Å². The number of pyridine rings is 1. The number of carbonyl (C=O) groups excluding carboxylic acids is 1. The average molecular weight is 569 g/mol. The fraction of sp³-hybridized carbons (Fsp3) is 0.438. The van der Waals surface area contributed by atoms with Crippen molar-refractivity contribution in [1.29, 1.82) is 0 Å². The van der Waals surface area contributed by atoms with Gasteiger partial charge in [-0.1, -0.05) is 24.3 Å². The van der Waals surface area contributed by atoms with Crippen molar-refractivity contribution in [3.05, 3.63) is 66.5 Å². The average Bonchev–Trinajstić information content (AvgIpc) is 3.64. The van der Waals surface area contributed by atoms with Crippen LogP contribution in [-0.2, 0) is 11.4 Å². The number of carbonyl (C=O) groups is 1. The molecule has 3 atom stereocenters. The highest BCUT2D eigenvalue weighted by Crippen LogP contribution is 2.43. The van der Waals surface area contributed by atoms with Crippen LogP contribution in [0.3, 0.4) is 0 Å². The number of nitrogens with two attached hydrogens (primary N) is 2. The molecular weight excluding hydrogens is 528 g/mol. The first-order valence-corrected chi connectivity index (χ1v) is 15.0. The number of hydrogen-bond acceptors (Lipinski definition) is 9. The summed E-state index contributed by atoms with van der Waals surface area (Å²) in [5.41, 5.74) is 15.5. The van der Waals surface area contributed by atoms with Gasteiger partial charge in [0, 0.05) is 56.6 Å². The lowest BCUT2D eigenvalue weighted by Crippen LogP contribution is -2.46. The molecule has 1 aromatic carbocycles. The van der Waals surface area contributed by atoms with Gasteiger partial charge in [-0.05, 0) is 73.4 Å². The molecule has 1 saturated heterocycles. The molecule has 5 N–H and O–H groups in total. The maximum atomic E-state index is 12.4. The Kier molecular flexibility index (Phi) is 8.50. The van der Waals surface area contributed by atoms with E-state index in [0.717, 1.165) is 62.7 Å². The summed E-state index contributed by atoms with van der Waals surface area (Å²) in [7, 11) is 0. The van der Waals surface area contributed by atoms with Crippen molar-refractivity contribution in [2.75, 3.05) is 55.6 Å². The van der Waals surface area contributed by atoms with Crippen LogP contribution in [0.2, 0.25) is 0 Å². The van der Waals surface area contributed by atoms with Crippen LogP contribution < -0.4 is 26.4 Å². The SMILES string of the molecule is Nc1cc(COc2nc(-c3ccc(N4CCN(CCCC(=O)NCC5CC6C=CC5C6)CC4)cc3)cnc2N)ccn1. The molecule has 3 aliphatic rings. The van der Waals surface area contributed by atoms with Crippen molar-refractivity contribution < 1.29 is 9.53 Å². The Hall–Kier alpha value is -4.18. The Labute approximate surface area is 247 Å². The third-order valence-corrected chi connectivity index (χ3v) is 8.74. The van der Waals surface area contributed by atoms with Crippen molar-refractivity contribution in [2.24, 2.45) is 17.8 Å². The van der Waals surface area contributed by atoms with Crippen molar-refractivity contribution in [3.8, 4) is 17.1 Å². The van der Waals surface area contributed by atoms with Gasteiger partial charge in [0.2, 0.25) is 5.91 Å². The minimum atomic E-state index is 0.198. The van der Waals surface area contributed by atoms with E-state index in [1.165, 1.54) is 18.5 Å². The van der Waals surface area contributed by atoms with Crippen LogP contribution in [-0.4, -0.2) is 65.0 Å². The van der Waals surface area contributed by atoms with E-state index in [9.17, 15) is 4.79 Å². The second-order valence-electron chi connectivity index (χ2n) is 11.6. The molecule has 10 heteroatoms. The highest BCUT2D eigenvalue weighted by atomic mass is 16.5. The third-order valence-electron chi connectivity index (χ3n) is 8.74. The van der Waals surface area contributed by atoms with Gasteiger partial charge in [-0.3, -0.25) is 9.69 Å². The van der Waals surface area contributed by atoms with Gasteiger partial charge in [-0.2, -0.15) is 0 Å². The standard InChI is InChI=1S/C32H40N8O2/c33-29-18-23(9-10-35-29)21-42-32-31(34)37-20-28(38-32)24-5-7-27(8-6-24)40-14-12-39(13-15-40)11-1-2-30(41)36-19-26-17-22-3-4-25(26)16-22/h3-10,18,20,22,25-26H,1-2,11-17,19,21H2,(H2,33,35)(H2,34,37)(H,36,41). The normalized spacial score (nSPS) is 21.5. The molecule has 1 amide bonds. The van der Waals surface area contributed by atoms with Gasteiger partial charge < -0.3 is 26.4 Å². The van der Waals surface area contributed by atoms with Gasteiger partial charge >= 0.3 is 0 Å². The molecule has 42 heavy (non-hydrogen) atoms. The van der Waals surface area contributed by atoms with Gasteiger partial charge in [-0.25, -0.2) is 15.0 Å². The zero-order valence-corrected chi connectivity index (χ0v) is 24.0. The van der Waals surface area contributed by atoms with Gasteiger partial charge in [0.25, 0.3) is 5.88 Å². The number of allylic oxidation sites excluding steroid dienone is 2. The molecule has 2 bridgehead atoms. The lowest BCUT2D eigenvalue weighted by molar-refractivity contribution is -0.121. The van der Waals surface area contributed by atoms with Crippen LogP contribution in [0.5, 0.6) is 5.88 Å².